The second-order valence-corrected chi connectivity index (χ2v) is 19.5. The molecule has 0 bridgehead atoms. The van der Waals surface area contributed by atoms with Gasteiger partial charge < -0.3 is 4.90 Å². The van der Waals surface area contributed by atoms with E-state index in [4.69, 9.17) is 0 Å². The minimum atomic E-state index is -0.519. The van der Waals surface area contributed by atoms with Crippen molar-refractivity contribution in [3.8, 4) is 33.4 Å². The molecule has 1 spiro atoms. The van der Waals surface area contributed by atoms with Gasteiger partial charge in [-0.25, -0.2) is 0 Å². The van der Waals surface area contributed by atoms with E-state index < -0.39 is 5.41 Å². The van der Waals surface area contributed by atoms with E-state index in [9.17, 15) is 0 Å². The summed E-state index contributed by atoms with van der Waals surface area (Å²) in [5, 5.41) is 2.58. The largest absolute Gasteiger partial charge is 0.310 e. The van der Waals surface area contributed by atoms with Crippen LogP contribution in [0.1, 0.15) is 72.2 Å². The molecule has 1 nitrogen and oxygen atoms in total. The summed E-state index contributed by atoms with van der Waals surface area (Å²) in [6, 6.07) is 71.7. The molecule has 0 saturated heterocycles. The Morgan fingerprint density at radius 1 is 0.344 bits per heavy atom. The third-order valence-corrected chi connectivity index (χ3v) is 15.8. The molecule has 61 heavy (non-hydrogen) atoms. The summed E-state index contributed by atoms with van der Waals surface area (Å²) in [6.07, 6.45) is 0. The van der Waals surface area contributed by atoms with E-state index in [-0.39, 0.29) is 10.8 Å². The van der Waals surface area contributed by atoms with Crippen LogP contribution in [0.2, 0.25) is 0 Å². The molecule has 0 N–H and O–H groups in total. The summed E-state index contributed by atoms with van der Waals surface area (Å²) in [5.74, 6) is 0. The van der Waals surface area contributed by atoms with E-state index >= 15 is 0 Å². The molecule has 2 heteroatoms. The van der Waals surface area contributed by atoms with Gasteiger partial charge >= 0.3 is 0 Å². The number of hydrogen-bond donors (Lipinski definition) is 0. The van der Waals surface area contributed by atoms with Crippen LogP contribution in [0, 0.1) is 0 Å². The third kappa shape index (κ3) is 4.53. The standard InChI is InChI=1S/C59H43NS/c1-57(2)47-21-11-7-17-41(47)45-29-26-37(33-51(45)57)60(38-27-30-46-42-18-8-12-22-48(42)58(3,4)52(46)34-38)39-28-32-54-53(35-39)59(56-40-16-6-5-15-36(40)25-31-55(56)61-54)49-23-13-9-19-43(49)44-20-10-14-24-50(44)59/h5-35H,1-4H3. The number of nitrogens with zero attached hydrogens (tertiary/aromatic N) is 1. The predicted octanol–water partition coefficient (Wildman–Crippen LogP) is 15.7. The van der Waals surface area contributed by atoms with Crippen molar-refractivity contribution in [2.45, 2.75) is 53.7 Å². The first kappa shape index (κ1) is 35.2. The number of hydrogen-bond acceptors (Lipinski definition) is 2. The van der Waals surface area contributed by atoms with E-state index in [1.165, 1.54) is 110 Å². The van der Waals surface area contributed by atoms with Gasteiger partial charge in [0.15, 0.2) is 0 Å². The van der Waals surface area contributed by atoms with Gasteiger partial charge in [-0.3, -0.25) is 0 Å². The van der Waals surface area contributed by atoms with Crippen molar-refractivity contribution in [2.75, 3.05) is 4.90 Å². The van der Waals surface area contributed by atoms with Crippen LogP contribution in [0.3, 0.4) is 0 Å². The van der Waals surface area contributed by atoms with Crippen molar-refractivity contribution in [1.82, 2.24) is 0 Å². The summed E-state index contributed by atoms with van der Waals surface area (Å²) >= 11 is 1.92. The van der Waals surface area contributed by atoms with Gasteiger partial charge in [0, 0.05) is 37.7 Å². The summed E-state index contributed by atoms with van der Waals surface area (Å²) in [7, 11) is 0. The van der Waals surface area contributed by atoms with Crippen molar-refractivity contribution in [1.29, 1.82) is 0 Å². The minimum absolute atomic E-state index is 0.131. The highest BCUT2D eigenvalue weighted by Gasteiger charge is 2.51. The minimum Gasteiger partial charge on any atom is -0.310 e. The normalized spacial score (nSPS) is 15.9. The zero-order valence-electron chi connectivity index (χ0n) is 34.8. The average molecular weight is 798 g/mol. The van der Waals surface area contributed by atoms with Crippen LogP contribution in [0.25, 0.3) is 44.2 Å². The molecular formula is C59H43NS. The quantitative estimate of drug-likeness (QED) is 0.175. The Morgan fingerprint density at radius 2 is 0.754 bits per heavy atom. The summed E-state index contributed by atoms with van der Waals surface area (Å²) in [4.78, 5) is 5.17. The summed E-state index contributed by atoms with van der Waals surface area (Å²) < 4.78 is 0. The molecule has 1 aliphatic heterocycles. The van der Waals surface area contributed by atoms with E-state index in [1.54, 1.807) is 0 Å². The summed E-state index contributed by atoms with van der Waals surface area (Å²) in [6.45, 7) is 9.55. The molecule has 9 aromatic carbocycles. The number of anilines is 3. The first-order valence-corrected chi connectivity index (χ1v) is 22.4. The first-order valence-electron chi connectivity index (χ1n) is 21.6. The zero-order chi connectivity index (χ0) is 40.8. The average Bonchev–Trinajstić information content (AvgIpc) is 3.81. The Labute approximate surface area is 362 Å². The van der Waals surface area contributed by atoms with Crippen LogP contribution in [-0.4, -0.2) is 0 Å². The molecular weight excluding hydrogens is 755 g/mol. The van der Waals surface area contributed by atoms with Crippen molar-refractivity contribution >= 4 is 39.6 Å². The maximum Gasteiger partial charge on any atom is 0.0742 e. The Morgan fingerprint density at radius 3 is 1.31 bits per heavy atom. The lowest BCUT2D eigenvalue weighted by Gasteiger charge is -2.41. The van der Waals surface area contributed by atoms with Gasteiger partial charge in [-0.15, -0.1) is 0 Å². The molecule has 13 rings (SSSR count). The second-order valence-electron chi connectivity index (χ2n) is 18.4. The second kappa shape index (κ2) is 12.2. The molecule has 0 amide bonds. The Kier molecular flexibility index (Phi) is 7.06. The summed E-state index contributed by atoms with van der Waals surface area (Å²) in [5.41, 5.74) is 21.7. The van der Waals surface area contributed by atoms with Crippen molar-refractivity contribution in [3.05, 3.63) is 233 Å². The molecule has 3 aliphatic carbocycles. The SMILES string of the molecule is CC1(C)c2ccccc2-c2ccc(N(c3ccc4c(c3)C(C)(C)c3ccccc3-4)c3ccc4c(c3)C3(c5ccccc5-c5ccccc53)c3c(ccc5ccccc35)S4)cc21. The number of benzene rings is 9. The maximum absolute atomic E-state index is 2.55. The van der Waals surface area contributed by atoms with Gasteiger partial charge in [-0.1, -0.05) is 179 Å². The number of rotatable bonds is 3. The highest BCUT2D eigenvalue weighted by molar-refractivity contribution is 7.99. The topological polar surface area (TPSA) is 3.24 Å². The fraction of sp³-hybridized carbons (Fsp3) is 0.119. The fourth-order valence-electron chi connectivity index (χ4n) is 11.9. The highest BCUT2D eigenvalue weighted by Crippen LogP contribution is 2.64. The van der Waals surface area contributed by atoms with Crippen LogP contribution >= 0.6 is 11.8 Å². The molecule has 4 aliphatic rings. The lowest BCUT2D eigenvalue weighted by Crippen LogP contribution is -2.32. The monoisotopic (exact) mass is 797 g/mol. The predicted molar refractivity (Wildman–Crippen MR) is 255 cm³/mol. The van der Waals surface area contributed by atoms with Crippen LogP contribution in [0.4, 0.5) is 17.1 Å². The van der Waals surface area contributed by atoms with Crippen molar-refractivity contribution in [2.24, 2.45) is 0 Å². The van der Waals surface area contributed by atoms with E-state index in [0.717, 1.165) is 5.69 Å². The Hall–Kier alpha value is -6.61. The lowest BCUT2D eigenvalue weighted by atomic mass is 9.66. The van der Waals surface area contributed by atoms with Gasteiger partial charge in [0.25, 0.3) is 0 Å². The van der Waals surface area contributed by atoms with Crippen molar-refractivity contribution < 1.29 is 0 Å². The molecule has 0 saturated carbocycles. The lowest BCUT2D eigenvalue weighted by molar-refractivity contribution is 0.660. The van der Waals surface area contributed by atoms with Gasteiger partial charge in [0.2, 0.25) is 0 Å². The van der Waals surface area contributed by atoms with Crippen LogP contribution in [-0.2, 0) is 16.2 Å². The van der Waals surface area contributed by atoms with E-state index in [2.05, 4.69) is 221 Å². The first-order chi connectivity index (χ1) is 29.8. The molecule has 9 aromatic rings. The molecule has 0 fully saturated rings. The van der Waals surface area contributed by atoms with E-state index in [0.29, 0.717) is 0 Å². The van der Waals surface area contributed by atoms with Crippen molar-refractivity contribution in [3.63, 3.8) is 0 Å². The van der Waals surface area contributed by atoms with Crippen LogP contribution in [0.15, 0.2) is 198 Å². The molecule has 0 radical (unpaired) electrons. The fourth-order valence-corrected chi connectivity index (χ4v) is 13.1. The van der Waals surface area contributed by atoms with E-state index in [1.807, 2.05) is 11.8 Å². The Bertz CT molecular complexity index is 3210. The smallest absolute Gasteiger partial charge is 0.0742 e. The molecule has 0 atom stereocenters. The van der Waals surface area contributed by atoms with Crippen LogP contribution < -0.4 is 4.90 Å². The molecule has 1 heterocycles. The Balaban J connectivity index is 1.10. The van der Waals surface area contributed by atoms with Gasteiger partial charge in [-0.2, -0.15) is 0 Å². The highest BCUT2D eigenvalue weighted by atomic mass is 32.2. The van der Waals surface area contributed by atoms with Gasteiger partial charge in [0.1, 0.15) is 0 Å². The third-order valence-electron chi connectivity index (χ3n) is 14.7. The maximum atomic E-state index is 2.55. The number of fused-ring (bicyclic) bond motifs is 17. The van der Waals surface area contributed by atoms with Gasteiger partial charge in [-0.05, 0) is 137 Å². The molecule has 0 unspecified atom stereocenters. The zero-order valence-corrected chi connectivity index (χ0v) is 35.6. The van der Waals surface area contributed by atoms with Crippen LogP contribution in [0.5, 0.6) is 0 Å². The molecule has 0 aromatic heterocycles. The van der Waals surface area contributed by atoms with Gasteiger partial charge in [0.05, 0.1) is 5.41 Å². The molecule has 290 valence electrons.